The van der Waals surface area contributed by atoms with Crippen LogP contribution in [-0.4, -0.2) is 11.2 Å². The van der Waals surface area contributed by atoms with Crippen LogP contribution in [0, 0.1) is 16.7 Å². The second kappa shape index (κ2) is 4.37. The van der Waals surface area contributed by atoms with Crippen LogP contribution in [0.1, 0.15) is 48.0 Å². The molecule has 1 nitrogen and oxygen atoms in total. The zero-order chi connectivity index (χ0) is 12.6. The SMILES string of the molecule is CC1=CC[C@H](C=CC(C)(C)[C@@H](C)O)C1(C)C. The first-order valence-electron chi connectivity index (χ1n) is 6.22. The molecule has 1 heteroatoms. The van der Waals surface area contributed by atoms with E-state index in [0.717, 1.165) is 6.42 Å². The monoisotopic (exact) mass is 222 g/mol. The van der Waals surface area contributed by atoms with Crippen molar-refractivity contribution >= 4 is 0 Å². The summed E-state index contributed by atoms with van der Waals surface area (Å²) in [6.07, 6.45) is 7.63. The summed E-state index contributed by atoms with van der Waals surface area (Å²) < 4.78 is 0. The van der Waals surface area contributed by atoms with Gasteiger partial charge in [0.15, 0.2) is 0 Å². The minimum Gasteiger partial charge on any atom is -0.393 e. The van der Waals surface area contributed by atoms with E-state index in [1.807, 2.05) is 6.92 Å². The second-order valence-electron chi connectivity index (χ2n) is 6.31. The van der Waals surface area contributed by atoms with Crippen LogP contribution in [0.3, 0.4) is 0 Å². The smallest absolute Gasteiger partial charge is 0.0597 e. The summed E-state index contributed by atoms with van der Waals surface area (Å²) in [6.45, 7) is 12.8. The third kappa shape index (κ3) is 2.57. The van der Waals surface area contributed by atoms with Crippen LogP contribution in [0.25, 0.3) is 0 Å². The van der Waals surface area contributed by atoms with Gasteiger partial charge in [-0.05, 0) is 31.6 Å². The Morgan fingerprint density at radius 2 is 2.06 bits per heavy atom. The van der Waals surface area contributed by atoms with Crippen molar-refractivity contribution in [3.05, 3.63) is 23.8 Å². The van der Waals surface area contributed by atoms with E-state index >= 15 is 0 Å². The molecule has 0 aliphatic heterocycles. The Morgan fingerprint density at radius 1 is 1.50 bits per heavy atom. The lowest BCUT2D eigenvalue weighted by Crippen LogP contribution is -2.25. The van der Waals surface area contributed by atoms with Gasteiger partial charge in [-0.25, -0.2) is 0 Å². The van der Waals surface area contributed by atoms with E-state index < -0.39 is 0 Å². The summed E-state index contributed by atoms with van der Waals surface area (Å²) in [5.41, 5.74) is 1.62. The maximum Gasteiger partial charge on any atom is 0.0597 e. The lowest BCUT2D eigenvalue weighted by molar-refractivity contribution is 0.0989. The Kier molecular flexibility index (Phi) is 3.69. The molecule has 0 saturated carbocycles. The van der Waals surface area contributed by atoms with E-state index in [0.29, 0.717) is 5.92 Å². The third-order valence-electron chi connectivity index (χ3n) is 4.46. The Hall–Kier alpha value is -0.560. The largest absolute Gasteiger partial charge is 0.393 e. The zero-order valence-electron chi connectivity index (χ0n) is 11.5. The molecule has 0 amide bonds. The number of hydrogen-bond donors (Lipinski definition) is 1. The Bertz CT molecular complexity index is 305. The van der Waals surface area contributed by atoms with Crippen molar-refractivity contribution in [3.63, 3.8) is 0 Å². The van der Waals surface area contributed by atoms with Crippen LogP contribution < -0.4 is 0 Å². The summed E-state index contributed by atoms with van der Waals surface area (Å²) >= 11 is 0. The molecule has 0 heterocycles. The van der Waals surface area contributed by atoms with Crippen LogP contribution in [-0.2, 0) is 0 Å². The second-order valence-corrected chi connectivity index (χ2v) is 6.31. The van der Waals surface area contributed by atoms with Crippen LogP contribution in [0.15, 0.2) is 23.8 Å². The molecule has 2 atom stereocenters. The van der Waals surface area contributed by atoms with E-state index in [9.17, 15) is 5.11 Å². The minimum atomic E-state index is -0.303. The summed E-state index contributed by atoms with van der Waals surface area (Å²) in [5, 5.41) is 9.67. The van der Waals surface area contributed by atoms with Crippen molar-refractivity contribution in [2.45, 2.75) is 54.1 Å². The highest BCUT2D eigenvalue weighted by atomic mass is 16.3. The molecule has 0 bridgehead atoms. The van der Waals surface area contributed by atoms with Gasteiger partial charge >= 0.3 is 0 Å². The highest BCUT2D eigenvalue weighted by Crippen LogP contribution is 2.44. The van der Waals surface area contributed by atoms with E-state index in [1.54, 1.807) is 0 Å². The van der Waals surface area contributed by atoms with Gasteiger partial charge in [-0.1, -0.05) is 51.5 Å². The third-order valence-corrected chi connectivity index (χ3v) is 4.46. The highest BCUT2D eigenvalue weighted by Gasteiger charge is 2.33. The molecular formula is C15H26O. The predicted molar refractivity (Wildman–Crippen MR) is 70.2 cm³/mol. The zero-order valence-corrected chi connectivity index (χ0v) is 11.5. The Morgan fingerprint density at radius 3 is 2.44 bits per heavy atom. The van der Waals surface area contributed by atoms with Gasteiger partial charge in [0.1, 0.15) is 0 Å². The van der Waals surface area contributed by atoms with Gasteiger partial charge in [-0.2, -0.15) is 0 Å². The molecule has 0 saturated heterocycles. The Balaban J connectivity index is 2.74. The van der Waals surface area contributed by atoms with Crippen LogP contribution >= 0.6 is 0 Å². The van der Waals surface area contributed by atoms with Crippen molar-refractivity contribution in [1.82, 2.24) is 0 Å². The highest BCUT2D eigenvalue weighted by molar-refractivity contribution is 5.22. The Labute approximate surface area is 100 Å². The van der Waals surface area contributed by atoms with Gasteiger partial charge in [0, 0.05) is 5.41 Å². The maximum atomic E-state index is 9.67. The fourth-order valence-corrected chi connectivity index (χ4v) is 1.98. The average molecular weight is 222 g/mol. The van der Waals surface area contributed by atoms with E-state index in [4.69, 9.17) is 0 Å². The summed E-state index contributed by atoms with van der Waals surface area (Å²) in [7, 11) is 0. The molecule has 0 unspecified atom stereocenters. The van der Waals surface area contributed by atoms with Gasteiger partial charge in [-0.3, -0.25) is 0 Å². The molecule has 1 N–H and O–H groups in total. The van der Waals surface area contributed by atoms with Gasteiger partial charge < -0.3 is 5.11 Å². The molecule has 0 spiro atoms. The molecule has 0 aromatic heterocycles. The summed E-state index contributed by atoms with van der Waals surface area (Å²) in [6, 6.07) is 0. The first-order chi connectivity index (χ1) is 7.18. The quantitative estimate of drug-likeness (QED) is 0.717. The summed E-state index contributed by atoms with van der Waals surface area (Å²) in [4.78, 5) is 0. The van der Waals surface area contributed by atoms with Crippen molar-refractivity contribution in [2.24, 2.45) is 16.7 Å². The van der Waals surface area contributed by atoms with Crippen molar-refractivity contribution in [3.8, 4) is 0 Å². The van der Waals surface area contributed by atoms with E-state index in [1.165, 1.54) is 5.57 Å². The molecule has 0 aromatic carbocycles. The topological polar surface area (TPSA) is 20.2 Å². The number of aliphatic hydroxyl groups excluding tert-OH is 1. The molecule has 0 fully saturated rings. The van der Waals surface area contributed by atoms with Gasteiger partial charge in [0.25, 0.3) is 0 Å². The average Bonchev–Trinajstić information content (AvgIpc) is 2.39. The molecule has 0 aromatic rings. The first-order valence-corrected chi connectivity index (χ1v) is 6.22. The van der Waals surface area contributed by atoms with Crippen molar-refractivity contribution in [2.75, 3.05) is 0 Å². The molecule has 1 aliphatic carbocycles. The maximum absolute atomic E-state index is 9.67. The lowest BCUT2D eigenvalue weighted by atomic mass is 9.76. The molecule has 1 aliphatic rings. The number of rotatable bonds is 3. The molecule has 1 rings (SSSR count). The lowest BCUT2D eigenvalue weighted by Gasteiger charge is -2.29. The first kappa shape index (κ1) is 13.5. The minimum absolute atomic E-state index is 0.132. The van der Waals surface area contributed by atoms with Crippen LogP contribution in [0.2, 0.25) is 0 Å². The van der Waals surface area contributed by atoms with E-state index in [-0.39, 0.29) is 16.9 Å². The van der Waals surface area contributed by atoms with Gasteiger partial charge in [-0.15, -0.1) is 0 Å². The standard InChI is InChI=1S/C15H26O/c1-11-7-8-13(15(11,5)6)9-10-14(3,4)12(2)16/h7,9-10,12-13,16H,8H2,1-6H3/t12-,13-/m1/s1. The summed E-state index contributed by atoms with van der Waals surface area (Å²) in [5.74, 6) is 0.575. The van der Waals surface area contributed by atoms with Crippen LogP contribution in [0.4, 0.5) is 0 Å². The van der Waals surface area contributed by atoms with Gasteiger partial charge in [0.05, 0.1) is 6.10 Å². The number of hydrogen-bond acceptors (Lipinski definition) is 1. The van der Waals surface area contributed by atoms with E-state index in [2.05, 4.69) is 52.8 Å². The van der Waals surface area contributed by atoms with Gasteiger partial charge in [0.2, 0.25) is 0 Å². The van der Waals surface area contributed by atoms with Crippen molar-refractivity contribution in [1.29, 1.82) is 0 Å². The predicted octanol–water partition coefficient (Wildman–Crippen LogP) is 3.94. The normalized spacial score (nSPS) is 27.2. The molecule has 16 heavy (non-hydrogen) atoms. The fourth-order valence-electron chi connectivity index (χ4n) is 1.98. The van der Waals surface area contributed by atoms with Crippen molar-refractivity contribution < 1.29 is 5.11 Å². The number of allylic oxidation sites excluding steroid dienone is 3. The van der Waals surface area contributed by atoms with Crippen LogP contribution in [0.5, 0.6) is 0 Å². The number of aliphatic hydroxyl groups is 1. The molecule has 92 valence electrons. The molecule has 0 radical (unpaired) electrons. The molecular weight excluding hydrogens is 196 g/mol. The fraction of sp³-hybridized carbons (Fsp3) is 0.733.